The smallest absolute Gasteiger partial charge is 0.296 e. The van der Waals surface area contributed by atoms with Crippen LogP contribution in [-0.4, -0.2) is 38.6 Å². The van der Waals surface area contributed by atoms with E-state index in [0.29, 0.717) is 39.6 Å². The monoisotopic (exact) mass is 614 g/mol. The highest BCUT2D eigenvalue weighted by Gasteiger charge is 2.37. The van der Waals surface area contributed by atoms with Gasteiger partial charge in [-0.05, 0) is 55.0 Å². The molecule has 45 heavy (non-hydrogen) atoms. The number of carbonyl (C=O) groups is 2. The fourth-order valence-electron chi connectivity index (χ4n) is 5.24. The number of aromatic nitrogens is 2. The highest BCUT2D eigenvalue weighted by Crippen LogP contribution is 2.39. The van der Waals surface area contributed by atoms with E-state index < -0.39 is 11.2 Å². The van der Waals surface area contributed by atoms with Crippen LogP contribution in [0.15, 0.2) is 131 Å². The van der Waals surface area contributed by atoms with Crippen LogP contribution in [0.4, 0.5) is 5.69 Å². The number of amides is 1. The lowest BCUT2D eigenvalue weighted by molar-refractivity contribution is 0.0992. The van der Waals surface area contributed by atoms with Gasteiger partial charge in [0.15, 0.2) is 11.0 Å². The molecule has 1 atom stereocenters. The van der Waals surface area contributed by atoms with Crippen molar-refractivity contribution < 1.29 is 14.3 Å². The molecule has 1 aromatic heterocycles. The molecule has 0 N–H and O–H groups in total. The summed E-state index contributed by atoms with van der Waals surface area (Å²) < 4.78 is 8.62. The summed E-state index contributed by atoms with van der Waals surface area (Å²) in [7, 11) is 3.37. The number of Topliss-reactive ketones (excluding diaryl/α,β-unsaturated/α-hetero) is 1. The van der Waals surface area contributed by atoms with E-state index in [9.17, 15) is 14.4 Å². The van der Waals surface area contributed by atoms with Crippen LogP contribution < -0.4 is 15.2 Å². The number of hydrogen-bond acceptors (Lipinski definition) is 5. The lowest BCUT2D eigenvalue weighted by atomic mass is 10.0. The number of carbonyl (C=O) groups excluding carboxylic acids is 2. The van der Waals surface area contributed by atoms with Gasteiger partial charge in [-0.15, -0.1) is 0 Å². The van der Waals surface area contributed by atoms with Gasteiger partial charge in [-0.2, -0.15) is 4.99 Å². The van der Waals surface area contributed by atoms with Crippen molar-refractivity contribution in [2.45, 2.75) is 12.2 Å². The number of ether oxygens (including phenoxy) is 1. The van der Waals surface area contributed by atoms with E-state index >= 15 is 0 Å². The van der Waals surface area contributed by atoms with Crippen molar-refractivity contribution >= 4 is 40.0 Å². The summed E-state index contributed by atoms with van der Waals surface area (Å²) in [5.41, 5.74) is 3.62. The Hall–Kier alpha value is -5.41. The van der Waals surface area contributed by atoms with Gasteiger partial charge in [0, 0.05) is 18.2 Å². The van der Waals surface area contributed by atoms with Gasteiger partial charge in [0.2, 0.25) is 0 Å². The molecule has 5 aromatic rings. The molecule has 0 bridgehead atoms. The Kier molecular flexibility index (Phi) is 8.35. The topological polar surface area (TPSA) is 85.9 Å². The molecule has 0 unspecified atom stereocenters. The zero-order chi connectivity index (χ0) is 31.5. The van der Waals surface area contributed by atoms with Crippen LogP contribution in [0, 0.1) is 6.92 Å². The largest absolute Gasteiger partial charge is 0.497 e. The SMILES string of the molecule is COc1ccc(C(=O)N=C2S[C@@H](C(=O)c3ccccc3)C=C(c3ccccc3)N2c2c(C)n(C)n(-c3ccccc3)c2=O)cc1. The van der Waals surface area contributed by atoms with Gasteiger partial charge in [0.05, 0.1) is 29.4 Å². The number of ketones is 1. The van der Waals surface area contributed by atoms with Crippen LogP contribution in [0.1, 0.15) is 32.0 Å². The predicted octanol–water partition coefficient (Wildman–Crippen LogP) is 6.54. The van der Waals surface area contributed by atoms with Gasteiger partial charge in [-0.3, -0.25) is 24.0 Å². The summed E-state index contributed by atoms with van der Waals surface area (Å²) in [6.45, 7) is 1.85. The lowest BCUT2D eigenvalue weighted by Crippen LogP contribution is -2.38. The Labute approximate surface area is 264 Å². The van der Waals surface area contributed by atoms with Crippen molar-refractivity contribution in [1.29, 1.82) is 0 Å². The van der Waals surface area contributed by atoms with Gasteiger partial charge in [0.1, 0.15) is 11.4 Å². The van der Waals surface area contributed by atoms with E-state index in [1.807, 2.05) is 98.9 Å². The van der Waals surface area contributed by atoms with Gasteiger partial charge < -0.3 is 4.74 Å². The fraction of sp³-hybridized carbons (Fsp3) is 0.111. The molecule has 9 heteroatoms. The maximum absolute atomic E-state index is 14.3. The summed E-state index contributed by atoms with van der Waals surface area (Å²) in [4.78, 5) is 48.2. The van der Waals surface area contributed by atoms with E-state index in [1.165, 1.54) is 0 Å². The standard InChI is InChI=1S/C36H30N4O4S/c1-24-32(35(43)40(38(24)2)28-17-11-6-12-18-28)39-30(25-13-7-4-8-14-25)23-31(33(41)26-15-9-5-10-16-26)45-36(39)37-34(42)27-19-21-29(44-3)22-20-27/h4-23,31H,1-3H3/t31-/m1/s1. The second-order valence-corrected chi connectivity index (χ2v) is 11.5. The number of thioether (sulfide) groups is 1. The highest BCUT2D eigenvalue weighted by molar-refractivity contribution is 8.15. The molecule has 0 fully saturated rings. The Bertz CT molecular complexity index is 1980. The van der Waals surface area contributed by atoms with Crippen molar-refractivity contribution in [3.05, 3.63) is 154 Å². The maximum atomic E-state index is 14.3. The first-order chi connectivity index (χ1) is 21.9. The molecule has 0 aliphatic carbocycles. The molecule has 8 nitrogen and oxygen atoms in total. The quantitative estimate of drug-likeness (QED) is 0.194. The number of hydrogen-bond donors (Lipinski definition) is 0. The molecule has 0 saturated heterocycles. The fourth-order valence-corrected chi connectivity index (χ4v) is 6.34. The summed E-state index contributed by atoms with van der Waals surface area (Å²) >= 11 is 1.14. The van der Waals surface area contributed by atoms with Crippen LogP contribution >= 0.6 is 11.8 Å². The average Bonchev–Trinajstić information content (AvgIpc) is 3.31. The first-order valence-corrected chi connectivity index (χ1v) is 15.2. The number of nitrogens with zero attached hydrogens (tertiary/aromatic N) is 4. The number of rotatable bonds is 7. The molecule has 1 amide bonds. The molecule has 1 aliphatic heterocycles. The third-order valence-electron chi connectivity index (χ3n) is 7.64. The van der Waals surface area contributed by atoms with Gasteiger partial charge in [0.25, 0.3) is 11.5 Å². The first-order valence-electron chi connectivity index (χ1n) is 14.3. The van der Waals surface area contributed by atoms with E-state index in [-0.39, 0.29) is 16.5 Å². The summed E-state index contributed by atoms with van der Waals surface area (Å²) in [5.74, 6) is -0.0378. The molecule has 1 aliphatic rings. The minimum atomic E-state index is -0.707. The van der Waals surface area contributed by atoms with Crippen LogP contribution in [0.3, 0.4) is 0 Å². The van der Waals surface area contributed by atoms with Crippen molar-refractivity contribution in [2.75, 3.05) is 12.0 Å². The van der Waals surface area contributed by atoms with Gasteiger partial charge in [-0.1, -0.05) is 90.6 Å². The minimum Gasteiger partial charge on any atom is -0.497 e. The molecule has 6 rings (SSSR count). The minimum absolute atomic E-state index is 0.134. The van der Waals surface area contributed by atoms with Crippen LogP contribution in [-0.2, 0) is 7.05 Å². The number of benzene rings is 4. The van der Waals surface area contributed by atoms with Crippen LogP contribution in [0.2, 0.25) is 0 Å². The van der Waals surface area contributed by atoms with Crippen molar-refractivity contribution in [2.24, 2.45) is 12.0 Å². The molecule has 0 saturated carbocycles. The van der Waals surface area contributed by atoms with Crippen molar-refractivity contribution in [1.82, 2.24) is 9.36 Å². The third kappa shape index (κ3) is 5.77. The maximum Gasteiger partial charge on any atom is 0.296 e. The Morgan fingerprint density at radius 1 is 0.800 bits per heavy atom. The molecule has 224 valence electrons. The number of aliphatic imine (C=N–C) groups is 1. The van der Waals surface area contributed by atoms with E-state index in [1.54, 1.807) is 57.8 Å². The van der Waals surface area contributed by atoms with Crippen LogP contribution in [0.5, 0.6) is 5.75 Å². The average molecular weight is 615 g/mol. The number of amidine groups is 1. The number of anilines is 1. The normalized spacial score (nSPS) is 15.5. The zero-order valence-corrected chi connectivity index (χ0v) is 25.8. The third-order valence-corrected chi connectivity index (χ3v) is 8.73. The second-order valence-electron chi connectivity index (χ2n) is 10.4. The summed E-state index contributed by atoms with van der Waals surface area (Å²) in [5, 5.41) is -0.487. The predicted molar refractivity (Wildman–Crippen MR) is 180 cm³/mol. The van der Waals surface area contributed by atoms with Crippen LogP contribution in [0.25, 0.3) is 11.4 Å². The highest BCUT2D eigenvalue weighted by atomic mass is 32.2. The number of methoxy groups -OCH3 is 1. The van der Waals surface area contributed by atoms with Crippen molar-refractivity contribution in [3.63, 3.8) is 0 Å². The Morgan fingerprint density at radius 2 is 1.40 bits per heavy atom. The van der Waals surface area contributed by atoms with E-state index in [2.05, 4.69) is 4.99 Å². The van der Waals surface area contributed by atoms with E-state index in [4.69, 9.17) is 4.74 Å². The van der Waals surface area contributed by atoms with E-state index in [0.717, 1.165) is 17.3 Å². The Balaban J connectivity index is 1.58. The lowest BCUT2D eigenvalue weighted by Gasteiger charge is -2.33. The molecule has 0 spiro atoms. The van der Waals surface area contributed by atoms with Gasteiger partial charge in [-0.25, -0.2) is 4.68 Å². The Morgan fingerprint density at radius 3 is 2.02 bits per heavy atom. The molecule has 4 aromatic carbocycles. The molecular formula is C36H30N4O4S. The zero-order valence-electron chi connectivity index (χ0n) is 25.0. The first kappa shape index (κ1) is 29.7. The molecule has 2 heterocycles. The summed E-state index contributed by atoms with van der Waals surface area (Å²) in [6.07, 6.45) is 1.85. The molecule has 0 radical (unpaired) electrons. The van der Waals surface area contributed by atoms with Gasteiger partial charge >= 0.3 is 0 Å². The summed E-state index contributed by atoms with van der Waals surface area (Å²) in [6, 6.07) is 34.5. The van der Waals surface area contributed by atoms with Crippen molar-refractivity contribution in [3.8, 4) is 11.4 Å². The molecular weight excluding hydrogens is 584 g/mol. The second kappa shape index (κ2) is 12.7. The number of para-hydroxylation sites is 1.